The fourth-order valence-corrected chi connectivity index (χ4v) is 3.44. The van der Waals surface area contributed by atoms with Crippen molar-refractivity contribution >= 4 is 74.7 Å². The standard InChI is InChI=1S/C12H6Cl2INO3S/c13-9-4-7(10(14)20-9)11(17)16-8-2-1-5(15)3-6(8)12(18)19/h1-4H,(H,16,17)(H,18,19). The molecule has 2 rings (SSSR count). The number of nitrogens with one attached hydrogen (secondary N) is 1. The highest BCUT2D eigenvalue weighted by molar-refractivity contribution is 14.1. The van der Waals surface area contributed by atoms with Gasteiger partial charge in [-0.25, -0.2) is 4.79 Å². The molecule has 0 saturated carbocycles. The van der Waals surface area contributed by atoms with Crippen molar-refractivity contribution in [3.8, 4) is 0 Å². The molecule has 0 bridgehead atoms. The highest BCUT2D eigenvalue weighted by atomic mass is 127. The van der Waals surface area contributed by atoms with Crippen LogP contribution in [0.25, 0.3) is 0 Å². The van der Waals surface area contributed by atoms with Gasteiger partial charge in [0.2, 0.25) is 0 Å². The van der Waals surface area contributed by atoms with Gasteiger partial charge in [-0.1, -0.05) is 23.2 Å². The topological polar surface area (TPSA) is 66.4 Å². The summed E-state index contributed by atoms with van der Waals surface area (Å²) in [7, 11) is 0. The molecule has 1 heterocycles. The van der Waals surface area contributed by atoms with Gasteiger partial charge in [-0.3, -0.25) is 4.79 Å². The lowest BCUT2D eigenvalue weighted by molar-refractivity contribution is 0.0698. The van der Waals surface area contributed by atoms with Crippen molar-refractivity contribution in [2.75, 3.05) is 5.32 Å². The Bertz CT molecular complexity index is 702. The van der Waals surface area contributed by atoms with Crippen molar-refractivity contribution < 1.29 is 14.7 Å². The SMILES string of the molecule is O=C(O)c1cc(I)ccc1NC(=O)c1cc(Cl)sc1Cl. The lowest BCUT2D eigenvalue weighted by atomic mass is 10.1. The molecule has 0 aliphatic heterocycles. The molecular formula is C12H6Cl2INO3S. The highest BCUT2D eigenvalue weighted by Crippen LogP contribution is 2.32. The van der Waals surface area contributed by atoms with E-state index in [0.717, 1.165) is 14.9 Å². The Balaban J connectivity index is 2.33. The molecular weight excluding hydrogens is 436 g/mol. The number of benzene rings is 1. The Morgan fingerprint density at radius 1 is 1.20 bits per heavy atom. The van der Waals surface area contributed by atoms with Crippen LogP contribution in [0.5, 0.6) is 0 Å². The first-order valence-electron chi connectivity index (χ1n) is 5.17. The third kappa shape index (κ3) is 3.43. The zero-order valence-corrected chi connectivity index (χ0v) is 14.1. The number of thiophene rings is 1. The molecule has 0 atom stereocenters. The third-order valence-electron chi connectivity index (χ3n) is 2.36. The van der Waals surface area contributed by atoms with E-state index in [1.807, 2.05) is 22.6 Å². The second kappa shape index (κ2) is 6.30. The van der Waals surface area contributed by atoms with Crippen molar-refractivity contribution in [2.45, 2.75) is 0 Å². The molecule has 0 unspecified atom stereocenters. The van der Waals surface area contributed by atoms with E-state index >= 15 is 0 Å². The van der Waals surface area contributed by atoms with Gasteiger partial charge in [0.05, 0.1) is 21.2 Å². The maximum absolute atomic E-state index is 12.1. The Kier molecular flexibility index (Phi) is 4.90. The quantitative estimate of drug-likeness (QED) is 0.683. The summed E-state index contributed by atoms with van der Waals surface area (Å²) in [5.74, 6) is -1.62. The normalized spacial score (nSPS) is 10.3. The van der Waals surface area contributed by atoms with Crippen LogP contribution in [0.4, 0.5) is 5.69 Å². The number of rotatable bonds is 3. The van der Waals surface area contributed by atoms with Crippen LogP contribution >= 0.6 is 57.1 Å². The smallest absolute Gasteiger partial charge is 0.337 e. The minimum absolute atomic E-state index is 0.0164. The average molecular weight is 442 g/mol. The number of carbonyl (C=O) groups is 2. The zero-order valence-electron chi connectivity index (χ0n) is 9.62. The Morgan fingerprint density at radius 3 is 2.45 bits per heavy atom. The maximum atomic E-state index is 12.1. The molecule has 4 nitrogen and oxygen atoms in total. The first kappa shape index (κ1) is 15.6. The van der Waals surface area contributed by atoms with Crippen LogP contribution in [0.1, 0.15) is 20.7 Å². The number of carboxylic acids is 1. The molecule has 0 aliphatic rings. The van der Waals surface area contributed by atoms with Gasteiger partial charge in [-0.2, -0.15) is 0 Å². The summed E-state index contributed by atoms with van der Waals surface area (Å²) in [6.45, 7) is 0. The van der Waals surface area contributed by atoms with Gasteiger partial charge < -0.3 is 10.4 Å². The van der Waals surface area contributed by atoms with Crippen LogP contribution in [0, 0.1) is 3.57 Å². The van der Waals surface area contributed by atoms with Crippen LogP contribution in [0.15, 0.2) is 24.3 Å². The molecule has 104 valence electrons. The number of halogens is 3. The number of carboxylic acid groups (broad SMARTS) is 1. The van der Waals surface area contributed by atoms with Gasteiger partial charge in [0.25, 0.3) is 5.91 Å². The Morgan fingerprint density at radius 2 is 1.90 bits per heavy atom. The van der Waals surface area contributed by atoms with Gasteiger partial charge >= 0.3 is 5.97 Å². The van der Waals surface area contributed by atoms with Gasteiger partial charge in [-0.15, -0.1) is 11.3 Å². The summed E-state index contributed by atoms with van der Waals surface area (Å²) in [5.41, 5.74) is 0.445. The lowest BCUT2D eigenvalue weighted by Gasteiger charge is -2.08. The fourth-order valence-electron chi connectivity index (χ4n) is 1.49. The van der Waals surface area contributed by atoms with Crippen LogP contribution in [0.2, 0.25) is 8.67 Å². The van der Waals surface area contributed by atoms with E-state index in [1.165, 1.54) is 18.2 Å². The van der Waals surface area contributed by atoms with E-state index in [1.54, 1.807) is 6.07 Å². The van der Waals surface area contributed by atoms with Gasteiger partial charge in [0.1, 0.15) is 4.34 Å². The largest absolute Gasteiger partial charge is 0.478 e. The van der Waals surface area contributed by atoms with Crippen molar-refractivity contribution in [3.05, 3.63) is 47.6 Å². The summed E-state index contributed by atoms with van der Waals surface area (Å²) >= 11 is 14.7. The second-order valence-electron chi connectivity index (χ2n) is 3.69. The number of anilines is 1. The predicted octanol–water partition coefficient (Wildman–Crippen LogP) is 4.61. The van der Waals surface area contributed by atoms with E-state index in [9.17, 15) is 9.59 Å². The Labute approximate surface area is 141 Å². The number of aromatic carboxylic acids is 1. The summed E-state index contributed by atoms with van der Waals surface area (Å²) in [6.07, 6.45) is 0. The third-order valence-corrected chi connectivity index (χ3v) is 4.52. The van der Waals surface area contributed by atoms with E-state index in [0.29, 0.717) is 4.34 Å². The van der Waals surface area contributed by atoms with Gasteiger partial charge in [0, 0.05) is 3.57 Å². The molecule has 0 fully saturated rings. The lowest BCUT2D eigenvalue weighted by Crippen LogP contribution is -2.14. The molecule has 0 saturated heterocycles. The summed E-state index contributed by atoms with van der Waals surface area (Å²) in [4.78, 5) is 23.2. The molecule has 0 spiro atoms. The number of carbonyl (C=O) groups excluding carboxylic acids is 1. The van der Waals surface area contributed by atoms with Crippen molar-refractivity contribution in [2.24, 2.45) is 0 Å². The summed E-state index contributed by atoms with van der Waals surface area (Å²) in [6, 6.07) is 6.15. The average Bonchev–Trinajstić information content (AvgIpc) is 2.70. The molecule has 1 aromatic heterocycles. The van der Waals surface area contributed by atoms with Crippen molar-refractivity contribution in [1.82, 2.24) is 0 Å². The number of amides is 1. The molecule has 0 aliphatic carbocycles. The summed E-state index contributed by atoms with van der Waals surface area (Å²) < 4.78 is 1.41. The first-order chi connectivity index (χ1) is 9.38. The number of hydrogen-bond donors (Lipinski definition) is 2. The van der Waals surface area contributed by atoms with E-state index in [-0.39, 0.29) is 21.2 Å². The monoisotopic (exact) mass is 441 g/mol. The van der Waals surface area contributed by atoms with Crippen LogP contribution in [-0.4, -0.2) is 17.0 Å². The minimum atomic E-state index is -1.12. The molecule has 0 radical (unpaired) electrons. The van der Waals surface area contributed by atoms with Crippen LogP contribution in [0.3, 0.4) is 0 Å². The maximum Gasteiger partial charge on any atom is 0.337 e. The predicted molar refractivity (Wildman–Crippen MR) is 88.4 cm³/mol. The molecule has 20 heavy (non-hydrogen) atoms. The second-order valence-corrected chi connectivity index (χ2v) is 7.22. The first-order valence-corrected chi connectivity index (χ1v) is 7.82. The molecule has 1 aromatic carbocycles. The van der Waals surface area contributed by atoms with E-state index in [2.05, 4.69) is 5.32 Å². The molecule has 1 amide bonds. The van der Waals surface area contributed by atoms with Crippen molar-refractivity contribution in [3.63, 3.8) is 0 Å². The minimum Gasteiger partial charge on any atom is -0.478 e. The van der Waals surface area contributed by atoms with Gasteiger partial charge in [0.15, 0.2) is 0 Å². The molecule has 2 N–H and O–H groups in total. The highest BCUT2D eigenvalue weighted by Gasteiger charge is 2.17. The fraction of sp³-hybridized carbons (Fsp3) is 0. The van der Waals surface area contributed by atoms with Crippen molar-refractivity contribution in [1.29, 1.82) is 0 Å². The van der Waals surface area contributed by atoms with E-state index in [4.69, 9.17) is 28.3 Å². The number of hydrogen-bond acceptors (Lipinski definition) is 3. The van der Waals surface area contributed by atoms with Crippen LogP contribution in [-0.2, 0) is 0 Å². The van der Waals surface area contributed by atoms with Crippen LogP contribution < -0.4 is 5.32 Å². The van der Waals surface area contributed by atoms with Gasteiger partial charge in [-0.05, 0) is 46.9 Å². The zero-order chi connectivity index (χ0) is 14.9. The molecule has 8 heteroatoms. The Hall–Kier alpha value is -0.830. The van der Waals surface area contributed by atoms with E-state index < -0.39 is 11.9 Å². The summed E-state index contributed by atoms with van der Waals surface area (Å²) in [5, 5.41) is 11.7. The molecule has 2 aromatic rings.